The molecule has 0 aliphatic rings. The van der Waals surface area contributed by atoms with Crippen LogP contribution in [0.15, 0.2) is 41.0 Å². The molecule has 0 spiro atoms. The van der Waals surface area contributed by atoms with Gasteiger partial charge >= 0.3 is 6.18 Å². The molecular formula is C18H16BrClF3N5O. The molecule has 2 heterocycles. The molecule has 0 aliphatic heterocycles. The van der Waals surface area contributed by atoms with E-state index in [9.17, 15) is 18.0 Å². The predicted octanol–water partition coefficient (Wildman–Crippen LogP) is 5.07. The molecule has 1 unspecified atom stereocenters. The summed E-state index contributed by atoms with van der Waals surface area (Å²) in [7, 11) is 0. The first-order chi connectivity index (χ1) is 13.5. The summed E-state index contributed by atoms with van der Waals surface area (Å²) in [5.74, 6) is -0.279. The first-order valence-electron chi connectivity index (χ1n) is 8.46. The molecule has 0 saturated carbocycles. The first kappa shape index (κ1) is 21.4. The molecule has 154 valence electrons. The number of aryl methyl sites for hydroxylation is 1. The lowest BCUT2D eigenvalue weighted by molar-refractivity contribution is -0.141. The van der Waals surface area contributed by atoms with E-state index in [1.54, 1.807) is 23.0 Å². The van der Waals surface area contributed by atoms with Gasteiger partial charge in [0, 0.05) is 16.9 Å². The van der Waals surface area contributed by atoms with Crippen LogP contribution >= 0.6 is 27.5 Å². The first-order valence-corrected chi connectivity index (χ1v) is 9.63. The Labute approximate surface area is 177 Å². The summed E-state index contributed by atoms with van der Waals surface area (Å²) >= 11 is 9.20. The minimum atomic E-state index is -4.57. The maximum absolute atomic E-state index is 12.8. The molecular weight excluding hydrogens is 475 g/mol. The number of rotatable bonds is 5. The van der Waals surface area contributed by atoms with Crippen molar-refractivity contribution in [2.75, 3.05) is 5.32 Å². The molecule has 1 N–H and O–H groups in total. The zero-order chi connectivity index (χ0) is 21.3. The number of halogens is 5. The van der Waals surface area contributed by atoms with E-state index < -0.39 is 23.8 Å². The molecule has 6 nitrogen and oxygen atoms in total. The number of hydrogen-bond acceptors (Lipinski definition) is 3. The maximum Gasteiger partial charge on any atom is 0.435 e. The zero-order valence-electron chi connectivity index (χ0n) is 15.3. The summed E-state index contributed by atoms with van der Waals surface area (Å²) in [5.41, 5.74) is 0.151. The number of hydrogen-bond donors (Lipinski definition) is 1. The van der Waals surface area contributed by atoms with Gasteiger partial charge in [0.1, 0.15) is 6.04 Å². The van der Waals surface area contributed by atoms with Crippen LogP contribution in [0.4, 0.5) is 19.0 Å². The molecule has 29 heavy (non-hydrogen) atoms. The molecule has 1 atom stereocenters. The standard InChI is InChI=1S/C18H16BrClF3N5O/c1-10-7-15(18(21,22)23)25-28(10)11(2)17(29)24-16-14(19)9-27(26-16)8-12-3-5-13(20)6-4-12/h3-7,9,11H,8H2,1-2H3,(H,24,26,29). The number of aromatic nitrogens is 4. The molecule has 0 aliphatic carbocycles. The normalized spacial score (nSPS) is 12.8. The minimum Gasteiger partial charge on any atom is -0.306 e. The fourth-order valence-corrected chi connectivity index (χ4v) is 3.23. The lowest BCUT2D eigenvalue weighted by atomic mass is 10.2. The van der Waals surface area contributed by atoms with Crippen LogP contribution in [-0.2, 0) is 17.5 Å². The smallest absolute Gasteiger partial charge is 0.306 e. The second-order valence-corrected chi connectivity index (χ2v) is 7.72. The number of amides is 1. The summed E-state index contributed by atoms with van der Waals surface area (Å²) in [6.07, 6.45) is -2.88. The number of nitrogens with one attached hydrogen (secondary N) is 1. The minimum absolute atomic E-state index is 0.229. The van der Waals surface area contributed by atoms with E-state index in [-0.39, 0.29) is 11.5 Å². The molecule has 0 bridgehead atoms. The van der Waals surface area contributed by atoms with Crippen LogP contribution in [-0.4, -0.2) is 25.5 Å². The van der Waals surface area contributed by atoms with Crippen molar-refractivity contribution in [3.63, 3.8) is 0 Å². The highest BCUT2D eigenvalue weighted by Crippen LogP contribution is 2.29. The number of nitrogens with zero attached hydrogens (tertiary/aromatic N) is 4. The Morgan fingerprint density at radius 3 is 2.52 bits per heavy atom. The van der Waals surface area contributed by atoms with Gasteiger partial charge in [-0.3, -0.25) is 14.2 Å². The molecule has 11 heteroatoms. The van der Waals surface area contributed by atoms with Gasteiger partial charge in [-0.05, 0) is 53.5 Å². The Morgan fingerprint density at radius 2 is 1.93 bits per heavy atom. The van der Waals surface area contributed by atoms with Crippen LogP contribution in [0.25, 0.3) is 0 Å². The van der Waals surface area contributed by atoms with Gasteiger partial charge in [-0.25, -0.2) is 0 Å². The summed E-state index contributed by atoms with van der Waals surface area (Å²) in [6, 6.07) is 7.19. The largest absolute Gasteiger partial charge is 0.435 e. The fourth-order valence-electron chi connectivity index (χ4n) is 2.69. The van der Waals surface area contributed by atoms with Crippen molar-refractivity contribution in [2.24, 2.45) is 0 Å². The van der Waals surface area contributed by atoms with Gasteiger partial charge < -0.3 is 5.32 Å². The van der Waals surface area contributed by atoms with Crippen molar-refractivity contribution < 1.29 is 18.0 Å². The second-order valence-electron chi connectivity index (χ2n) is 6.43. The van der Waals surface area contributed by atoms with E-state index >= 15 is 0 Å². The molecule has 3 aromatic rings. The van der Waals surface area contributed by atoms with Gasteiger partial charge in [0.15, 0.2) is 11.5 Å². The molecule has 0 saturated heterocycles. The lowest BCUT2D eigenvalue weighted by Gasteiger charge is -2.13. The van der Waals surface area contributed by atoms with Crippen LogP contribution in [0.1, 0.15) is 29.9 Å². The fraction of sp³-hybridized carbons (Fsp3) is 0.278. The van der Waals surface area contributed by atoms with Crippen molar-refractivity contribution in [3.05, 3.63) is 63.0 Å². The van der Waals surface area contributed by atoms with Crippen molar-refractivity contribution >= 4 is 39.3 Å². The highest BCUT2D eigenvalue weighted by atomic mass is 79.9. The highest BCUT2D eigenvalue weighted by Gasteiger charge is 2.35. The van der Waals surface area contributed by atoms with Crippen LogP contribution < -0.4 is 5.32 Å². The summed E-state index contributed by atoms with van der Waals surface area (Å²) < 4.78 is 41.7. The van der Waals surface area contributed by atoms with E-state index in [2.05, 4.69) is 31.4 Å². The zero-order valence-corrected chi connectivity index (χ0v) is 17.7. The third kappa shape index (κ3) is 4.99. The van der Waals surface area contributed by atoms with Gasteiger partial charge in [0.05, 0.1) is 11.0 Å². The number of anilines is 1. The second kappa shape index (κ2) is 8.19. The van der Waals surface area contributed by atoms with Gasteiger partial charge in [-0.15, -0.1) is 0 Å². The van der Waals surface area contributed by atoms with Gasteiger partial charge in [-0.1, -0.05) is 23.7 Å². The van der Waals surface area contributed by atoms with Crippen LogP contribution in [0.2, 0.25) is 5.02 Å². The lowest BCUT2D eigenvalue weighted by Crippen LogP contribution is -2.26. The van der Waals surface area contributed by atoms with Crippen LogP contribution in [0.3, 0.4) is 0 Å². The summed E-state index contributed by atoms with van der Waals surface area (Å²) in [6.45, 7) is 3.38. The van der Waals surface area contributed by atoms with Gasteiger partial charge in [-0.2, -0.15) is 23.4 Å². The van der Waals surface area contributed by atoms with E-state index in [1.165, 1.54) is 13.8 Å². The van der Waals surface area contributed by atoms with E-state index in [0.717, 1.165) is 16.3 Å². The third-order valence-electron chi connectivity index (χ3n) is 4.18. The topological polar surface area (TPSA) is 64.7 Å². The number of carbonyl (C=O) groups excluding carboxylic acids is 1. The van der Waals surface area contributed by atoms with E-state index in [4.69, 9.17) is 11.6 Å². The van der Waals surface area contributed by atoms with E-state index in [1.807, 2.05) is 12.1 Å². The quantitative estimate of drug-likeness (QED) is 0.543. The Kier molecular flexibility index (Phi) is 6.04. The molecule has 2 aromatic heterocycles. The summed E-state index contributed by atoms with van der Waals surface area (Å²) in [5, 5.41) is 11.1. The van der Waals surface area contributed by atoms with Crippen LogP contribution in [0, 0.1) is 6.92 Å². The highest BCUT2D eigenvalue weighted by molar-refractivity contribution is 9.10. The van der Waals surface area contributed by atoms with Crippen LogP contribution in [0.5, 0.6) is 0 Å². The van der Waals surface area contributed by atoms with Gasteiger partial charge in [0.2, 0.25) is 5.91 Å². The Morgan fingerprint density at radius 1 is 1.28 bits per heavy atom. The average Bonchev–Trinajstić information content (AvgIpc) is 3.19. The number of carbonyl (C=O) groups is 1. The molecule has 1 amide bonds. The maximum atomic E-state index is 12.8. The number of benzene rings is 1. The molecule has 3 rings (SSSR count). The number of alkyl halides is 3. The molecule has 0 fully saturated rings. The molecule has 0 radical (unpaired) electrons. The Hall–Kier alpha value is -2.33. The van der Waals surface area contributed by atoms with E-state index in [0.29, 0.717) is 16.0 Å². The third-order valence-corrected chi connectivity index (χ3v) is 5.01. The Bertz CT molecular complexity index is 1030. The van der Waals surface area contributed by atoms with Crippen molar-refractivity contribution in [2.45, 2.75) is 32.6 Å². The average molecular weight is 491 g/mol. The van der Waals surface area contributed by atoms with Crippen molar-refractivity contribution in [3.8, 4) is 0 Å². The predicted molar refractivity (Wildman–Crippen MR) is 106 cm³/mol. The molecule has 1 aromatic carbocycles. The monoisotopic (exact) mass is 489 g/mol. The van der Waals surface area contributed by atoms with Crippen molar-refractivity contribution in [1.82, 2.24) is 19.6 Å². The van der Waals surface area contributed by atoms with Gasteiger partial charge in [0.25, 0.3) is 0 Å². The Balaban J connectivity index is 1.73. The SMILES string of the molecule is Cc1cc(C(F)(F)F)nn1C(C)C(=O)Nc1nn(Cc2ccc(Cl)cc2)cc1Br. The summed E-state index contributed by atoms with van der Waals surface area (Å²) in [4.78, 5) is 12.5. The van der Waals surface area contributed by atoms with Crippen molar-refractivity contribution in [1.29, 1.82) is 0 Å².